The quantitative estimate of drug-likeness (QED) is 0.471. The average Bonchev–Trinajstić information content (AvgIpc) is 3.07. The minimum Gasteiger partial charge on any atom is -0.487 e. The zero-order valence-electron chi connectivity index (χ0n) is 15.5. The summed E-state index contributed by atoms with van der Waals surface area (Å²) in [6.07, 6.45) is 6.81. The van der Waals surface area contributed by atoms with Gasteiger partial charge in [0.1, 0.15) is 11.4 Å². The summed E-state index contributed by atoms with van der Waals surface area (Å²) in [7, 11) is 1.83. The van der Waals surface area contributed by atoms with Gasteiger partial charge in [-0.05, 0) is 45.1 Å². The highest BCUT2D eigenvalue weighted by Gasteiger charge is 2.43. The molecule has 2 N–H and O–H groups in total. The van der Waals surface area contributed by atoms with Crippen LogP contribution in [0, 0.1) is 0 Å². The van der Waals surface area contributed by atoms with Crippen LogP contribution in [-0.4, -0.2) is 38.4 Å². The van der Waals surface area contributed by atoms with Gasteiger partial charge in [0.15, 0.2) is 5.96 Å². The number of ether oxygens (including phenoxy) is 2. The first-order chi connectivity index (χ1) is 12.3. The number of guanidine groups is 1. The summed E-state index contributed by atoms with van der Waals surface area (Å²) >= 11 is 0. The Labute approximate surface area is 151 Å². The molecule has 1 heterocycles. The summed E-state index contributed by atoms with van der Waals surface area (Å²) in [6.45, 7) is 4.43. The van der Waals surface area contributed by atoms with Crippen molar-refractivity contribution in [1.82, 2.24) is 10.6 Å². The molecule has 1 spiro atoms. The predicted octanol–water partition coefficient (Wildman–Crippen LogP) is 3.41. The number of para-hydroxylation sites is 1. The Morgan fingerprint density at radius 1 is 1.32 bits per heavy atom. The van der Waals surface area contributed by atoms with Crippen molar-refractivity contribution in [3.63, 3.8) is 0 Å². The SMILES string of the molecule is CCOCCCNC(=NC)NC1CC2(CCCC2)Oc2ccccc21. The van der Waals surface area contributed by atoms with Crippen LogP contribution >= 0.6 is 0 Å². The van der Waals surface area contributed by atoms with Gasteiger partial charge in [-0.25, -0.2) is 0 Å². The summed E-state index contributed by atoms with van der Waals surface area (Å²) in [6, 6.07) is 8.65. The molecule has 1 unspecified atom stereocenters. The van der Waals surface area contributed by atoms with E-state index < -0.39 is 0 Å². The molecule has 1 aliphatic heterocycles. The van der Waals surface area contributed by atoms with E-state index in [9.17, 15) is 0 Å². The minimum atomic E-state index is -0.000161. The van der Waals surface area contributed by atoms with Crippen molar-refractivity contribution in [2.45, 2.75) is 57.1 Å². The molecule has 5 heteroatoms. The molecule has 5 nitrogen and oxygen atoms in total. The molecule has 1 saturated carbocycles. The molecule has 0 saturated heterocycles. The van der Waals surface area contributed by atoms with Crippen molar-refractivity contribution in [2.24, 2.45) is 4.99 Å². The molecule has 1 atom stereocenters. The van der Waals surface area contributed by atoms with E-state index in [1.165, 1.54) is 18.4 Å². The molecule has 0 aromatic heterocycles. The lowest BCUT2D eigenvalue weighted by Crippen LogP contribution is -2.46. The summed E-state index contributed by atoms with van der Waals surface area (Å²) in [4.78, 5) is 4.40. The van der Waals surface area contributed by atoms with Crippen LogP contribution < -0.4 is 15.4 Å². The topological polar surface area (TPSA) is 54.9 Å². The van der Waals surface area contributed by atoms with Crippen molar-refractivity contribution >= 4 is 5.96 Å². The fourth-order valence-corrected chi connectivity index (χ4v) is 3.96. The van der Waals surface area contributed by atoms with Crippen molar-refractivity contribution < 1.29 is 9.47 Å². The van der Waals surface area contributed by atoms with Crippen molar-refractivity contribution in [1.29, 1.82) is 0 Å². The first kappa shape index (κ1) is 18.1. The largest absolute Gasteiger partial charge is 0.487 e. The van der Waals surface area contributed by atoms with Gasteiger partial charge < -0.3 is 20.1 Å². The third kappa shape index (κ3) is 4.46. The molecule has 0 radical (unpaired) electrons. The second kappa shape index (κ2) is 8.56. The molecule has 0 amide bonds. The van der Waals surface area contributed by atoms with Gasteiger partial charge in [0.25, 0.3) is 0 Å². The lowest BCUT2D eigenvalue weighted by atomic mass is 9.86. The Balaban J connectivity index is 1.65. The molecular formula is C20H31N3O2. The van der Waals surface area contributed by atoms with Crippen LogP contribution in [0.3, 0.4) is 0 Å². The summed E-state index contributed by atoms with van der Waals surface area (Å²) in [5.74, 6) is 1.88. The molecule has 2 aliphatic rings. The number of hydrogen-bond donors (Lipinski definition) is 2. The monoisotopic (exact) mass is 345 g/mol. The fourth-order valence-electron chi connectivity index (χ4n) is 3.96. The number of nitrogens with zero attached hydrogens (tertiary/aromatic N) is 1. The van der Waals surface area contributed by atoms with Crippen LogP contribution in [0.1, 0.15) is 57.1 Å². The smallest absolute Gasteiger partial charge is 0.191 e. The molecule has 1 aromatic rings. The Hall–Kier alpha value is -1.75. The van der Waals surface area contributed by atoms with E-state index in [1.54, 1.807) is 0 Å². The standard InChI is InChI=1S/C20H31N3O2/c1-3-24-14-8-13-22-19(21-2)23-17-15-20(11-6-7-12-20)25-18-10-5-4-9-16(17)18/h4-5,9-10,17H,3,6-8,11-15H2,1-2H3,(H2,21,22,23). The highest BCUT2D eigenvalue weighted by atomic mass is 16.5. The van der Waals surface area contributed by atoms with Crippen molar-refractivity contribution in [3.05, 3.63) is 29.8 Å². The Bertz CT molecular complexity index is 582. The van der Waals surface area contributed by atoms with Gasteiger partial charge in [-0.15, -0.1) is 0 Å². The normalized spacial score (nSPS) is 21.7. The van der Waals surface area contributed by atoms with E-state index in [0.717, 1.165) is 57.2 Å². The maximum atomic E-state index is 6.43. The zero-order valence-corrected chi connectivity index (χ0v) is 15.5. The van der Waals surface area contributed by atoms with E-state index in [-0.39, 0.29) is 11.6 Å². The second-order valence-corrected chi connectivity index (χ2v) is 6.98. The third-order valence-corrected chi connectivity index (χ3v) is 5.21. The van der Waals surface area contributed by atoms with Crippen LogP contribution in [0.25, 0.3) is 0 Å². The van der Waals surface area contributed by atoms with Gasteiger partial charge in [-0.1, -0.05) is 18.2 Å². The van der Waals surface area contributed by atoms with E-state index in [1.807, 2.05) is 14.0 Å². The number of fused-ring (bicyclic) bond motifs is 1. The van der Waals surface area contributed by atoms with Crippen LogP contribution in [-0.2, 0) is 4.74 Å². The first-order valence-corrected chi connectivity index (χ1v) is 9.59. The number of nitrogens with one attached hydrogen (secondary N) is 2. The van der Waals surface area contributed by atoms with Crippen LogP contribution in [0.5, 0.6) is 5.75 Å². The number of benzene rings is 1. The lowest BCUT2D eigenvalue weighted by Gasteiger charge is -2.40. The molecule has 3 rings (SSSR count). The van der Waals surface area contributed by atoms with E-state index >= 15 is 0 Å². The molecule has 1 aliphatic carbocycles. The summed E-state index contributed by atoms with van der Waals surface area (Å²) in [5.41, 5.74) is 1.23. The second-order valence-electron chi connectivity index (χ2n) is 6.98. The average molecular weight is 345 g/mol. The molecule has 0 bridgehead atoms. The molecule has 138 valence electrons. The third-order valence-electron chi connectivity index (χ3n) is 5.21. The number of rotatable bonds is 6. The molecule has 1 aromatic carbocycles. The number of aliphatic imine (C=N–C) groups is 1. The van der Waals surface area contributed by atoms with Crippen LogP contribution in [0.15, 0.2) is 29.3 Å². The maximum Gasteiger partial charge on any atom is 0.191 e. The highest BCUT2D eigenvalue weighted by molar-refractivity contribution is 5.80. The lowest BCUT2D eigenvalue weighted by molar-refractivity contribution is 0.0396. The molecule has 1 fully saturated rings. The molecular weight excluding hydrogens is 314 g/mol. The van der Waals surface area contributed by atoms with Gasteiger partial charge in [0, 0.05) is 38.8 Å². The van der Waals surface area contributed by atoms with Gasteiger partial charge >= 0.3 is 0 Å². The van der Waals surface area contributed by atoms with E-state index in [0.29, 0.717) is 0 Å². The van der Waals surface area contributed by atoms with Gasteiger partial charge in [-0.3, -0.25) is 4.99 Å². The highest BCUT2D eigenvalue weighted by Crippen LogP contribution is 2.46. The van der Waals surface area contributed by atoms with Crippen molar-refractivity contribution in [2.75, 3.05) is 26.8 Å². The van der Waals surface area contributed by atoms with Gasteiger partial charge in [0.2, 0.25) is 0 Å². The Morgan fingerprint density at radius 2 is 2.12 bits per heavy atom. The minimum absolute atomic E-state index is 0.000161. The zero-order chi connectivity index (χ0) is 17.5. The van der Waals surface area contributed by atoms with Crippen LogP contribution in [0.2, 0.25) is 0 Å². The number of hydrogen-bond acceptors (Lipinski definition) is 3. The van der Waals surface area contributed by atoms with E-state index in [4.69, 9.17) is 9.47 Å². The maximum absolute atomic E-state index is 6.43. The van der Waals surface area contributed by atoms with Crippen molar-refractivity contribution in [3.8, 4) is 5.75 Å². The van der Waals surface area contributed by atoms with Crippen LogP contribution in [0.4, 0.5) is 0 Å². The van der Waals surface area contributed by atoms with Gasteiger partial charge in [0.05, 0.1) is 6.04 Å². The molecule has 25 heavy (non-hydrogen) atoms. The Morgan fingerprint density at radius 3 is 2.88 bits per heavy atom. The fraction of sp³-hybridized carbons (Fsp3) is 0.650. The van der Waals surface area contributed by atoms with Gasteiger partial charge in [-0.2, -0.15) is 0 Å². The summed E-state index contributed by atoms with van der Waals surface area (Å²) < 4.78 is 11.8. The van der Waals surface area contributed by atoms with E-state index in [2.05, 4.69) is 39.9 Å². The first-order valence-electron chi connectivity index (χ1n) is 9.59. The summed E-state index contributed by atoms with van der Waals surface area (Å²) in [5, 5.41) is 7.03. The Kier molecular flexibility index (Phi) is 6.19. The predicted molar refractivity (Wildman–Crippen MR) is 101 cm³/mol.